The molecule has 1 heteroatoms. The Bertz CT molecular complexity index is 476. The molecule has 0 amide bonds. The minimum atomic E-state index is -0.125. The summed E-state index contributed by atoms with van der Waals surface area (Å²) in [7, 11) is 0. The molecule has 1 saturated carbocycles. The minimum absolute atomic E-state index is 0.0806. The maximum absolute atomic E-state index is 10.5. The summed E-state index contributed by atoms with van der Waals surface area (Å²) in [5.41, 5.74) is 3.27. The van der Waals surface area contributed by atoms with Gasteiger partial charge in [-0.3, -0.25) is 0 Å². The molecule has 98 valence electrons. The van der Waals surface area contributed by atoms with Gasteiger partial charge in [-0.15, -0.1) is 0 Å². The second-order valence-corrected chi connectivity index (χ2v) is 7.12. The SMILES string of the molecule is CCC1(C)C(O)C2CC(C)(C)c3ccccc3C21. The summed E-state index contributed by atoms with van der Waals surface area (Å²) in [5.74, 6) is 1.02. The van der Waals surface area contributed by atoms with E-state index in [4.69, 9.17) is 0 Å². The number of aliphatic hydroxyl groups excluding tert-OH is 1. The Morgan fingerprint density at radius 2 is 1.89 bits per heavy atom. The van der Waals surface area contributed by atoms with Crippen molar-refractivity contribution in [2.24, 2.45) is 11.3 Å². The number of benzene rings is 1. The van der Waals surface area contributed by atoms with E-state index in [1.54, 1.807) is 0 Å². The molecule has 1 fully saturated rings. The molecule has 0 heterocycles. The number of hydrogen-bond acceptors (Lipinski definition) is 1. The van der Waals surface area contributed by atoms with Gasteiger partial charge in [-0.05, 0) is 41.2 Å². The largest absolute Gasteiger partial charge is 0.392 e. The Hall–Kier alpha value is -0.820. The zero-order chi connectivity index (χ0) is 13.1. The molecule has 0 radical (unpaired) electrons. The Kier molecular flexibility index (Phi) is 2.45. The first-order valence-corrected chi connectivity index (χ1v) is 7.19. The van der Waals surface area contributed by atoms with Gasteiger partial charge in [0.25, 0.3) is 0 Å². The summed E-state index contributed by atoms with van der Waals surface area (Å²) >= 11 is 0. The first-order valence-electron chi connectivity index (χ1n) is 7.19. The molecule has 3 rings (SSSR count). The van der Waals surface area contributed by atoms with Gasteiger partial charge in [-0.1, -0.05) is 52.0 Å². The molecule has 0 bridgehead atoms. The third-order valence-corrected chi connectivity index (χ3v) is 5.75. The molecule has 2 aliphatic rings. The molecule has 0 aliphatic heterocycles. The van der Waals surface area contributed by atoms with Crippen LogP contribution in [0.2, 0.25) is 0 Å². The van der Waals surface area contributed by atoms with Gasteiger partial charge in [0, 0.05) is 5.41 Å². The molecule has 0 aromatic heterocycles. The van der Waals surface area contributed by atoms with Crippen LogP contribution in [0.1, 0.15) is 57.6 Å². The van der Waals surface area contributed by atoms with Crippen molar-refractivity contribution in [3.05, 3.63) is 35.4 Å². The lowest BCUT2D eigenvalue weighted by molar-refractivity contribution is -0.150. The van der Waals surface area contributed by atoms with Gasteiger partial charge in [-0.25, -0.2) is 0 Å². The van der Waals surface area contributed by atoms with Gasteiger partial charge in [0.15, 0.2) is 0 Å². The van der Waals surface area contributed by atoms with Crippen molar-refractivity contribution >= 4 is 0 Å². The van der Waals surface area contributed by atoms with Crippen LogP contribution in [0.4, 0.5) is 0 Å². The highest BCUT2D eigenvalue weighted by Gasteiger charge is 2.61. The standard InChI is InChI=1S/C17H24O/c1-5-17(4)14-11-8-6-7-9-13(11)16(2,3)10-12(14)15(17)18/h6-9,12,14-15,18H,5,10H2,1-4H3. The summed E-state index contributed by atoms with van der Waals surface area (Å²) in [5, 5.41) is 10.5. The average molecular weight is 244 g/mol. The maximum Gasteiger partial charge on any atom is 0.0634 e. The van der Waals surface area contributed by atoms with Gasteiger partial charge >= 0.3 is 0 Å². The second-order valence-electron chi connectivity index (χ2n) is 7.12. The van der Waals surface area contributed by atoms with Crippen LogP contribution >= 0.6 is 0 Å². The van der Waals surface area contributed by atoms with Crippen LogP contribution < -0.4 is 0 Å². The summed E-state index contributed by atoms with van der Waals surface area (Å²) in [6.45, 7) is 9.10. The number of rotatable bonds is 1. The van der Waals surface area contributed by atoms with Gasteiger partial charge in [0.1, 0.15) is 0 Å². The molecular formula is C17H24O. The molecule has 4 unspecified atom stereocenters. The lowest BCUT2D eigenvalue weighted by atomic mass is 9.43. The fourth-order valence-electron chi connectivity index (χ4n) is 4.55. The Morgan fingerprint density at radius 3 is 2.56 bits per heavy atom. The van der Waals surface area contributed by atoms with Crippen molar-refractivity contribution in [1.82, 2.24) is 0 Å². The molecule has 1 aromatic carbocycles. The van der Waals surface area contributed by atoms with Gasteiger partial charge in [0.2, 0.25) is 0 Å². The van der Waals surface area contributed by atoms with Crippen LogP contribution in [0.3, 0.4) is 0 Å². The molecule has 2 aliphatic carbocycles. The molecule has 1 nitrogen and oxygen atoms in total. The number of hydrogen-bond donors (Lipinski definition) is 1. The Labute approximate surface area is 110 Å². The Morgan fingerprint density at radius 1 is 1.22 bits per heavy atom. The van der Waals surface area contributed by atoms with Crippen LogP contribution in [0.5, 0.6) is 0 Å². The molecule has 4 atom stereocenters. The van der Waals surface area contributed by atoms with Crippen LogP contribution in [0, 0.1) is 11.3 Å². The van der Waals surface area contributed by atoms with Crippen molar-refractivity contribution < 1.29 is 5.11 Å². The summed E-state index contributed by atoms with van der Waals surface area (Å²) < 4.78 is 0. The van der Waals surface area contributed by atoms with E-state index >= 15 is 0 Å². The predicted octanol–water partition coefficient (Wildman–Crippen LogP) is 3.86. The second kappa shape index (κ2) is 3.60. The maximum atomic E-state index is 10.5. The van der Waals surface area contributed by atoms with Crippen molar-refractivity contribution in [2.75, 3.05) is 0 Å². The van der Waals surface area contributed by atoms with E-state index in [1.807, 2.05) is 0 Å². The minimum Gasteiger partial charge on any atom is -0.392 e. The highest BCUT2D eigenvalue weighted by molar-refractivity contribution is 5.43. The van der Waals surface area contributed by atoms with E-state index in [-0.39, 0.29) is 16.9 Å². The summed E-state index contributed by atoms with van der Waals surface area (Å²) in [4.78, 5) is 0. The summed E-state index contributed by atoms with van der Waals surface area (Å²) in [6.07, 6.45) is 2.05. The number of aliphatic hydroxyl groups is 1. The fraction of sp³-hybridized carbons (Fsp3) is 0.647. The summed E-state index contributed by atoms with van der Waals surface area (Å²) in [6, 6.07) is 8.87. The lowest BCUT2D eigenvalue weighted by Crippen LogP contribution is -2.60. The van der Waals surface area contributed by atoms with E-state index in [0.717, 1.165) is 12.8 Å². The molecule has 18 heavy (non-hydrogen) atoms. The van der Waals surface area contributed by atoms with Crippen LogP contribution in [-0.2, 0) is 5.41 Å². The third-order valence-electron chi connectivity index (χ3n) is 5.75. The van der Waals surface area contributed by atoms with E-state index in [0.29, 0.717) is 11.8 Å². The normalized spacial score (nSPS) is 40.6. The van der Waals surface area contributed by atoms with Crippen molar-refractivity contribution in [3.8, 4) is 0 Å². The average Bonchev–Trinajstić information content (AvgIpc) is 2.37. The van der Waals surface area contributed by atoms with E-state index < -0.39 is 0 Å². The van der Waals surface area contributed by atoms with E-state index in [1.165, 1.54) is 11.1 Å². The van der Waals surface area contributed by atoms with E-state index in [9.17, 15) is 5.11 Å². The zero-order valence-corrected chi connectivity index (χ0v) is 11.9. The van der Waals surface area contributed by atoms with Crippen LogP contribution in [0.15, 0.2) is 24.3 Å². The highest BCUT2D eigenvalue weighted by atomic mass is 16.3. The Balaban J connectivity index is 2.13. The fourth-order valence-corrected chi connectivity index (χ4v) is 4.55. The van der Waals surface area contributed by atoms with Gasteiger partial charge < -0.3 is 5.11 Å². The molecule has 1 N–H and O–H groups in total. The monoisotopic (exact) mass is 244 g/mol. The molecule has 0 saturated heterocycles. The highest BCUT2D eigenvalue weighted by Crippen LogP contribution is 2.65. The van der Waals surface area contributed by atoms with Crippen molar-refractivity contribution in [2.45, 2.75) is 58.0 Å². The van der Waals surface area contributed by atoms with E-state index in [2.05, 4.69) is 52.0 Å². The lowest BCUT2D eigenvalue weighted by Gasteiger charge is -2.62. The zero-order valence-electron chi connectivity index (χ0n) is 11.9. The van der Waals surface area contributed by atoms with Crippen molar-refractivity contribution in [1.29, 1.82) is 0 Å². The number of fused-ring (bicyclic) bond motifs is 3. The smallest absolute Gasteiger partial charge is 0.0634 e. The van der Waals surface area contributed by atoms with Crippen LogP contribution in [0.25, 0.3) is 0 Å². The van der Waals surface area contributed by atoms with Gasteiger partial charge in [0.05, 0.1) is 6.10 Å². The predicted molar refractivity (Wildman–Crippen MR) is 74.7 cm³/mol. The molecule has 1 aromatic rings. The first kappa shape index (κ1) is 12.2. The molecular weight excluding hydrogens is 220 g/mol. The quantitative estimate of drug-likeness (QED) is 0.795. The van der Waals surface area contributed by atoms with Crippen LogP contribution in [-0.4, -0.2) is 11.2 Å². The third kappa shape index (κ3) is 1.31. The van der Waals surface area contributed by atoms with Gasteiger partial charge in [-0.2, -0.15) is 0 Å². The molecule has 0 spiro atoms. The van der Waals surface area contributed by atoms with Crippen molar-refractivity contribution in [3.63, 3.8) is 0 Å². The first-order chi connectivity index (χ1) is 8.42. The topological polar surface area (TPSA) is 20.2 Å².